The van der Waals surface area contributed by atoms with E-state index in [0.717, 1.165) is 33.0 Å². The van der Waals surface area contributed by atoms with Crippen LogP contribution in [-0.2, 0) is 6.04 Å². The minimum atomic E-state index is -0.825. The van der Waals surface area contributed by atoms with Crippen molar-refractivity contribution in [3.63, 3.8) is 0 Å². The van der Waals surface area contributed by atoms with Gasteiger partial charge in [-0.3, -0.25) is 0 Å². The second-order valence-electron chi connectivity index (χ2n) is 3.63. The molecular formula is C11H16O2Si. The molecular weight excluding hydrogens is 192 g/mol. The van der Waals surface area contributed by atoms with E-state index in [0.29, 0.717) is 5.56 Å². The third kappa shape index (κ3) is 1.73. The van der Waals surface area contributed by atoms with Crippen LogP contribution in [0.1, 0.15) is 32.6 Å². The number of carboxylic acids is 1. The fraction of sp³-hybridized carbons (Fsp3) is 0.364. The first kappa shape index (κ1) is 11.0. The third-order valence-electron chi connectivity index (χ3n) is 2.84. The van der Waals surface area contributed by atoms with Crippen LogP contribution >= 0.6 is 0 Å². The first-order valence-corrected chi connectivity index (χ1v) is 6.23. The molecule has 1 N–H and O–H groups in total. The van der Waals surface area contributed by atoms with Gasteiger partial charge in [0.05, 0.1) is 5.56 Å². The lowest BCUT2D eigenvalue weighted by Crippen LogP contribution is -2.06. The minimum Gasteiger partial charge on any atom is -0.478 e. The number of benzene rings is 1. The molecule has 2 nitrogen and oxygen atoms in total. The zero-order valence-electron chi connectivity index (χ0n) is 9.14. The fourth-order valence-corrected chi connectivity index (χ4v) is 2.99. The maximum atomic E-state index is 10.9. The molecule has 0 amide bonds. The van der Waals surface area contributed by atoms with Crippen LogP contribution in [0.2, 0.25) is 0 Å². The van der Waals surface area contributed by atoms with E-state index in [1.807, 2.05) is 20.8 Å². The van der Waals surface area contributed by atoms with Crippen molar-refractivity contribution >= 4 is 16.2 Å². The Balaban J connectivity index is 3.47. The van der Waals surface area contributed by atoms with Crippen LogP contribution in [0.3, 0.4) is 0 Å². The Morgan fingerprint density at radius 3 is 2.36 bits per heavy atom. The second-order valence-corrected chi connectivity index (χ2v) is 4.34. The topological polar surface area (TPSA) is 37.3 Å². The Morgan fingerprint density at radius 2 is 1.93 bits per heavy atom. The van der Waals surface area contributed by atoms with Crippen molar-refractivity contribution < 1.29 is 9.90 Å². The summed E-state index contributed by atoms with van der Waals surface area (Å²) in [5, 5.41) is 8.99. The molecule has 0 saturated heterocycles. The van der Waals surface area contributed by atoms with Gasteiger partial charge in [0.25, 0.3) is 0 Å². The van der Waals surface area contributed by atoms with Crippen molar-refractivity contribution in [3.05, 3.63) is 33.9 Å². The van der Waals surface area contributed by atoms with Crippen LogP contribution in [0, 0.1) is 20.8 Å². The molecule has 0 fully saturated rings. The number of rotatable bonds is 2. The average Bonchev–Trinajstić information content (AvgIpc) is 2.12. The number of hydrogen-bond donors (Lipinski definition) is 1. The molecule has 1 rings (SSSR count). The number of aryl methyl sites for hydroxylation is 1. The van der Waals surface area contributed by atoms with Gasteiger partial charge in [0.15, 0.2) is 0 Å². The molecule has 0 bridgehead atoms. The highest BCUT2D eigenvalue weighted by molar-refractivity contribution is 6.08. The Morgan fingerprint density at radius 1 is 1.36 bits per heavy atom. The quantitative estimate of drug-likeness (QED) is 0.741. The summed E-state index contributed by atoms with van der Waals surface area (Å²) >= 11 is 0. The van der Waals surface area contributed by atoms with Crippen molar-refractivity contribution in [1.29, 1.82) is 0 Å². The number of carbonyl (C=O) groups is 1. The van der Waals surface area contributed by atoms with Crippen LogP contribution in [0.25, 0.3) is 0 Å². The van der Waals surface area contributed by atoms with Crippen molar-refractivity contribution in [2.45, 2.75) is 26.8 Å². The smallest absolute Gasteiger partial charge is 0.335 e. The van der Waals surface area contributed by atoms with E-state index in [1.54, 1.807) is 6.07 Å². The van der Waals surface area contributed by atoms with E-state index >= 15 is 0 Å². The normalized spacial score (nSPS) is 10.5. The molecule has 0 radical (unpaired) electrons. The van der Waals surface area contributed by atoms with Gasteiger partial charge in [-0.25, -0.2) is 4.79 Å². The summed E-state index contributed by atoms with van der Waals surface area (Å²) < 4.78 is 0. The monoisotopic (exact) mass is 208 g/mol. The lowest BCUT2D eigenvalue weighted by Gasteiger charge is -2.13. The van der Waals surface area contributed by atoms with Gasteiger partial charge in [0.1, 0.15) is 0 Å². The molecule has 0 aromatic heterocycles. The molecule has 1 aromatic rings. The molecule has 0 atom stereocenters. The maximum Gasteiger partial charge on any atom is 0.335 e. The van der Waals surface area contributed by atoms with Gasteiger partial charge in [0.2, 0.25) is 0 Å². The predicted octanol–water partition coefficient (Wildman–Crippen LogP) is 1.18. The molecule has 0 aliphatic heterocycles. The van der Waals surface area contributed by atoms with Crippen LogP contribution in [0.5, 0.6) is 0 Å². The highest BCUT2D eigenvalue weighted by Gasteiger charge is 2.13. The van der Waals surface area contributed by atoms with E-state index in [1.165, 1.54) is 5.56 Å². The van der Waals surface area contributed by atoms with Crippen LogP contribution in [0.15, 0.2) is 6.07 Å². The first-order chi connectivity index (χ1) is 6.49. The van der Waals surface area contributed by atoms with Gasteiger partial charge in [-0.15, -0.1) is 0 Å². The van der Waals surface area contributed by atoms with Crippen molar-refractivity contribution in [1.82, 2.24) is 0 Å². The summed E-state index contributed by atoms with van der Waals surface area (Å²) in [6, 6.07) is 2.89. The molecule has 0 heterocycles. The summed E-state index contributed by atoms with van der Waals surface area (Å²) in [4.78, 5) is 10.9. The minimum absolute atomic E-state index is 0.443. The lowest BCUT2D eigenvalue weighted by molar-refractivity contribution is 0.0696. The number of carboxylic acid groups (broad SMARTS) is 1. The van der Waals surface area contributed by atoms with E-state index in [9.17, 15) is 4.79 Å². The Kier molecular flexibility index (Phi) is 3.11. The van der Waals surface area contributed by atoms with Crippen LogP contribution < -0.4 is 0 Å². The molecule has 0 aliphatic carbocycles. The van der Waals surface area contributed by atoms with E-state index < -0.39 is 5.97 Å². The van der Waals surface area contributed by atoms with Crippen molar-refractivity contribution in [2.75, 3.05) is 0 Å². The fourth-order valence-electron chi connectivity index (χ4n) is 1.90. The molecule has 0 saturated carbocycles. The van der Waals surface area contributed by atoms with Gasteiger partial charge in [-0.05, 0) is 55.1 Å². The van der Waals surface area contributed by atoms with Gasteiger partial charge in [-0.1, -0.05) is 0 Å². The summed E-state index contributed by atoms with van der Waals surface area (Å²) in [6.07, 6.45) is 0. The predicted molar refractivity (Wildman–Crippen MR) is 61.3 cm³/mol. The zero-order chi connectivity index (χ0) is 10.9. The summed E-state index contributed by atoms with van der Waals surface area (Å²) in [5.41, 5.74) is 4.95. The Hall–Kier alpha value is -1.09. The summed E-state index contributed by atoms with van der Waals surface area (Å²) in [7, 11) is 1.12. The maximum absolute atomic E-state index is 10.9. The van der Waals surface area contributed by atoms with Gasteiger partial charge >= 0.3 is 5.97 Å². The summed E-state index contributed by atoms with van der Waals surface area (Å²) in [6.45, 7) is 5.90. The largest absolute Gasteiger partial charge is 0.478 e. The highest BCUT2D eigenvalue weighted by Crippen LogP contribution is 2.21. The molecule has 76 valence electrons. The molecule has 1 aromatic carbocycles. The SMILES string of the molecule is Cc1cc(C(=O)O)c(C)c(C)c1C[SiH3]. The molecule has 0 aliphatic rings. The average molecular weight is 208 g/mol. The van der Waals surface area contributed by atoms with Gasteiger partial charge < -0.3 is 5.11 Å². The molecule has 14 heavy (non-hydrogen) atoms. The number of hydrogen-bond acceptors (Lipinski definition) is 1. The van der Waals surface area contributed by atoms with E-state index in [2.05, 4.69) is 0 Å². The zero-order valence-corrected chi connectivity index (χ0v) is 11.1. The van der Waals surface area contributed by atoms with Gasteiger partial charge in [0, 0.05) is 10.2 Å². The standard InChI is InChI=1S/C11H16O2Si/c1-6-4-9(11(12)13)7(2)8(3)10(6)5-14/h4H,5H2,1-3,14H3,(H,12,13). The van der Waals surface area contributed by atoms with Crippen molar-refractivity contribution in [2.24, 2.45) is 0 Å². The Bertz CT molecular complexity index is 383. The van der Waals surface area contributed by atoms with Crippen molar-refractivity contribution in [3.8, 4) is 0 Å². The van der Waals surface area contributed by atoms with E-state index in [4.69, 9.17) is 5.11 Å². The van der Waals surface area contributed by atoms with Crippen LogP contribution in [-0.4, -0.2) is 21.3 Å². The second kappa shape index (κ2) is 3.96. The lowest BCUT2D eigenvalue weighted by atomic mass is 9.94. The highest BCUT2D eigenvalue weighted by atomic mass is 28.1. The van der Waals surface area contributed by atoms with Crippen LogP contribution in [0.4, 0.5) is 0 Å². The summed E-state index contributed by atoms with van der Waals surface area (Å²) in [5.74, 6) is -0.825. The first-order valence-electron chi connectivity index (χ1n) is 4.82. The molecule has 3 heteroatoms. The van der Waals surface area contributed by atoms with Gasteiger partial charge in [-0.2, -0.15) is 0 Å². The Labute approximate surface area is 87.4 Å². The van der Waals surface area contributed by atoms with E-state index in [-0.39, 0.29) is 0 Å². The molecule has 0 spiro atoms. The number of aromatic carboxylic acids is 1. The molecule has 0 unspecified atom stereocenters. The third-order valence-corrected chi connectivity index (χ3v) is 3.55.